The SMILES string of the molecule is CC(C)(C)C1(N=C=O)C=CC=CC1. The maximum Gasteiger partial charge on any atom is 0.235 e. The fourth-order valence-electron chi connectivity index (χ4n) is 1.50. The molecule has 0 aromatic heterocycles. The maximum absolute atomic E-state index is 10.4. The predicted molar refractivity (Wildman–Crippen MR) is 53.2 cm³/mol. The Hall–Kier alpha value is -1.14. The highest BCUT2D eigenvalue weighted by molar-refractivity contribution is 5.39. The van der Waals surface area contributed by atoms with E-state index in [1.54, 1.807) is 6.08 Å². The first-order chi connectivity index (χ1) is 6.02. The van der Waals surface area contributed by atoms with E-state index in [-0.39, 0.29) is 5.41 Å². The summed E-state index contributed by atoms with van der Waals surface area (Å²) in [7, 11) is 0. The van der Waals surface area contributed by atoms with E-state index < -0.39 is 5.54 Å². The van der Waals surface area contributed by atoms with Gasteiger partial charge in [0.1, 0.15) is 0 Å². The smallest absolute Gasteiger partial charge is 0.211 e. The molecule has 0 amide bonds. The van der Waals surface area contributed by atoms with Crippen LogP contribution >= 0.6 is 0 Å². The molecule has 0 aromatic carbocycles. The zero-order chi connectivity index (χ0) is 9.95. The molecule has 0 saturated carbocycles. The molecule has 13 heavy (non-hydrogen) atoms. The highest BCUT2D eigenvalue weighted by Crippen LogP contribution is 2.39. The summed E-state index contributed by atoms with van der Waals surface area (Å²) in [5.41, 5.74) is -0.449. The van der Waals surface area contributed by atoms with Gasteiger partial charge in [-0.2, -0.15) is 4.99 Å². The largest absolute Gasteiger partial charge is 0.235 e. The number of nitrogens with zero attached hydrogens (tertiary/aromatic N) is 1. The van der Waals surface area contributed by atoms with Crippen molar-refractivity contribution in [1.29, 1.82) is 0 Å². The van der Waals surface area contributed by atoms with Gasteiger partial charge >= 0.3 is 0 Å². The van der Waals surface area contributed by atoms with Gasteiger partial charge in [0.05, 0.1) is 5.54 Å². The number of hydrogen-bond acceptors (Lipinski definition) is 2. The Morgan fingerprint density at radius 1 is 1.38 bits per heavy atom. The average Bonchev–Trinajstić information content (AvgIpc) is 2.04. The molecule has 0 spiro atoms. The van der Waals surface area contributed by atoms with Crippen molar-refractivity contribution in [3.63, 3.8) is 0 Å². The van der Waals surface area contributed by atoms with Crippen LogP contribution < -0.4 is 0 Å². The predicted octanol–water partition coefficient (Wildman–Crippen LogP) is 2.62. The molecule has 0 heterocycles. The van der Waals surface area contributed by atoms with Crippen LogP contribution in [-0.2, 0) is 4.79 Å². The van der Waals surface area contributed by atoms with E-state index >= 15 is 0 Å². The van der Waals surface area contributed by atoms with Crippen molar-refractivity contribution in [2.75, 3.05) is 0 Å². The summed E-state index contributed by atoms with van der Waals surface area (Å²) in [5.74, 6) is 0. The second-order valence-corrected chi connectivity index (χ2v) is 4.37. The average molecular weight is 177 g/mol. The van der Waals surface area contributed by atoms with Crippen molar-refractivity contribution in [3.05, 3.63) is 24.3 Å². The first-order valence-corrected chi connectivity index (χ1v) is 4.45. The molecule has 1 unspecified atom stereocenters. The lowest BCUT2D eigenvalue weighted by atomic mass is 9.70. The van der Waals surface area contributed by atoms with Crippen LogP contribution in [-0.4, -0.2) is 11.6 Å². The molecule has 0 aliphatic heterocycles. The number of rotatable bonds is 1. The van der Waals surface area contributed by atoms with Crippen LogP contribution in [0.15, 0.2) is 29.3 Å². The summed E-state index contributed by atoms with van der Waals surface area (Å²) in [6, 6.07) is 0. The summed E-state index contributed by atoms with van der Waals surface area (Å²) in [5, 5.41) is 0. The van der Waals surface area contributed by atoms with Crippen molar-refractivity contribution in [3.8, 4) is 0 Å². The van der Waals surface area contributed by atoms with Gasteiger partial charge in [0.25, 0.3) is 0 Å². The van der Waals surface area contributed by atoms with E-state index in [1.165, 1.54) is 0 Å². The Morgan fingerprint density at radius 3 is 2.46 bits per heavy atom. The van der Waals surface area contributed by atoms with Gasteiger partial charge in [0, 0.05) is 0 Å². The van der Waals surface area contributed by atoms with Gasteiger partial charge in [-0.05, 0) is 11.8 Å². The van der Waals surface area contributed by atoms with Gasteiger partial charge < -0.3 is 0 Å². The molecule has 1 rings (SSSR count). The topological polar surface area (TPSA) is 29.4 Å². The maximum atomic E-state index is 10.4. The van der Waals surface area contributed by atoms with Crippen LogP contribution in [0.4, 0.5) is 0 Å². The number of hydrogen-bond donors (Lipinski definition) is 0. The van der Waals surface area contributed by atoms with Crippen molar-refractivity contribution >= 4 is 6.08 Å². The molecule has 1 atom stereocenters. The van der Waals surface area contributed by atoms with Crippen LogP contribution in [0, 0.1) is 5.41 Å². The molecule has 1 aliphatic rings. The van der Waals surface area contributed by atoms with Crippen LogP contribution in [0.5, 0.6) is 0 Å². The quantitative estimate of drug-likeness (QED) is 0.447. The molecule has 0 N–H and O–H groups in total. The van der Waals surface area contributed by atoms with Gasteiger partial charge in [-0.3, -0.25) is 0 Å². The number of aliphatic imine (C=N–C) groups is 1. The van der Waals surface area contributed by atoms with Crippen molar-refractivity contribution in [1.82, 2.24) is 0 Å². The first kappa shape index (κ1) is 9.94. The van der Waals surface area contributed by atoms with Gasteiger partial charge in [0.2, 0.25) is 6.08 Å². The Labute approximate surface area is 79.1 Å². The monoisotopic (exact) mass is 177 g/mol. The van der Waals surface area contributed by atoms with Gasteiger partial charge in [0.15, 0.2) is 0 Å². The summed E-state index contributed by atoms with van der Waals surface area (Å²) in [6.45, 7) is 6.24. The highest BCUT2D eigenvalue weighted by Gasteiger charge is 2.39. The normalized spacial score (nSPS) is 27.0. The molecule has 0 radical (unpaired) electrons. The molecule has 0 saturated heterocycles. The minimum atomic E-state index is -0.399. The van der Waals surface area contributed by atoms with E-state index in [2.05, 4.69) is 25.8 Å². The first-order valence-electron chi connectivity index (χ1n) is 4.45. The zero-order valence-electron chi connectivity index (χ0n) is 8.37. The fraction of sp³-hybridized carbons (Fsp3) is 0.545. The minimum absolute atomic E-state index is 0.0499. The third-order valence-electron chi connectivity index (χ3n) is 2.59. The highest BCUT2D eigenvalue weighted by atomic mass is 16.1. The molecular formula is C11H15NO. The van der Waals surface area contributed by atoms with Crippen molar-refractivity contribution in [2.24, 2.45) is 10.4 Å². The van der Waals surface area contributed by atoms with Crippen LogP contribution in [0.3, 0.4) is 0 Å². The van der Waals surface area contributed by atoms with Gasteiger partial charge in [-0.1, -0.05) is 45.1 Å². The van der Waals surface area contributed by atoms with Crippen molar-refractivity contribution < 1.29 is 4.79 Å². The second-order valence-electron chi connectivity index (χ2n) is 4.37. The lowest BCUT2D eigenvalue weighted by Crippen LogP contribution is -2.39. The molecule has 0 aromatic rings. The van der Waals surface area contributed by atoms with E-state index in [0.29, 0.717) is 0 Å². The van der Waals surface area contributed by atoms with Gasteiger partial charge in [-0.15, -0.1) is 0 Å². The Balaban J connectivity index is 3.09. The van der Waals surface area contributed by atoms with E-state index in [9.17, 15) is 4.79 Å². The zero-order valence-corrected chi connectivity index (χ0v) is 8.37. The Morgan fingerprint density at radius 2 is 2.08 bits per heavy atom. The summed E-state index contributed by atoms with van der Waals surface area (Å²) < 4.78 is 0. The standard InChI is InChI=1S/C11H15NO/c1-10(2,3)11(12-9-13)7-5-4-6-8-11/h4-7H,8H2,1-3H3. The molecule has 2 nitrogen and oxygen atoms in total. The third kappa shape index (κ3) is 1.78. The van der Waals surface area contributed by atoms with E-state index in [0.717, 1.165) is 6.42 Å². The molecule has 1 aliphatic carbocycles. The van der Waals surface area contributed by atoms with Gasteiger partial charge in [-0.25, -0.2) is 4.79 Å². The number of isocyanates is 1. The number of carbonyl (C=O) groups excluding carboxylic acids is 1. The second kappa shape index (κ2) is 3.31. The third-order valence-corrected chi connectivity index (χ3v) is 2.59. The lowest BCUT2D eigenvalue weighted by molar-refractivity contribution is 0.243. The molecular weight excluding hydrogens is 162 g/mol. The van der Waals surface area contributed by atoms with E-state index in [4.69, 9.17) is 0 Å². The fourth-order valence-corrected chi connectivity index (χ4v) is 1.50. The van der Waals surface area contributed by atoms with E-state index in [1.807, 2.05) is 24.3 Å². The number of allylic oxidation sites excluding steroid dienone is 2. The molecule has 2 heteroatoms. The Kier molecular flexibility index (Phi) is 2.53. The summed E-state index contributed by atoms with van der Waals surface area (Å²) >= 11 is 0. The van der Waals surface area contributed by atoms with Crippen LogP contribution in [0.25, 0.3) is 0 Å². The van der Waals surface area contributed by atoms with Crippen molar-refractivity contribution in [2.45, 2.75) is 32.7 Å². The summed E-state index contributed by atoms with van der Waals surface area (Å²) in [6.07, 6.45) is 10.4. The Bertz CT molecular complexity index is 290. The summed E-state index contributed by atoms with van der Waals surface area (Å²) in [4.78, 5) is 14.3. The lowest BCUT2D eigenvalue weighted by Gasteiger charge is -2.38. The molecule has 0 fully saturated rings. The minimum Gasteiger partial charge on any atom is -0.211 e. The molecule has 70 valence electrons. The van der Waals surface area contributed by atoms with Crippen LogP contribution in [0.2, 0.25) is 0 Å². The van der Waals surface area contributed by atoms with Crippen LogP contribution in [0.1, 0.15) is 27.2 Å². The molecule has 0 bridgehead atoms.